The number of hydrogen-bond donors (Lipinski definition) is 1. The third-order valence-corrected chi connectivity index (χ3v) is 9.10. The average molecular weight is 472 g/mol. The minimum atomic E-state index is -0.770. The minimum absolute atomic E-state index is 0.0180. The highest BCUT2D eigenvalue weighted by molar-refractivity contribution is 7.21. The summed E-state index contributed by atoms with van der Waals surface area (Å²) < 4.78 is 15.0. The van der Waals surface area contributed by atoms with Gasteiger partial charge in [-0.25, -0.2) is 9.38 Å². The van der Waals surface area contributed by atoms with Crippen molar-refractivity contribution in [3.8, 4) is 6.07 Å². The van der Waals surface area contributed by atoms with Gasteiger partial charge in [-0.3, -0.25) is 9.69 Å². The maximum absolute atomic E-state index is 15.0. The zero-order chi connectivity index (χ0) is 23.1. The first kappa shape index (κ1) is 20.0. The smallest absolute Gasteiger partial charge is 0.161 e. The molecule has 2 N–H and O–H groups in total. The van der Waals surface area contributed by atoms with Crippen molar-refractivity contribution in [3.05, 3.63) is 69.4 Å². The molecule has 0 amide bonds. The van der Waals surface area contributed by atoms with Crippen LogP contribution in [-0.2, 0) is 4.79 Å². The van der Waals surface area contributed by atoms with Gasteiger partial charge in [0.15, 0.2) is 11.6 Å². The summed E-state index contributed by atoms with van der Waals surface area (Å²) in [6, 6.07) is 8.69. The van der Waals surface area contributed by atoms with E-state index >= 15 is 4.39 Å². The van der Waals surface area contributed by atoms with Gasteiger partial charge in [0.25, 0.3) is 0 Å². The van der Waals surface area contributed by atoms with E-state index in [1.807, 2.05) is 4.90 Å². The molecule has 0 unspecified atom stereocenters. The van der Waals surface area contributed by atoms with E-state index in [0.29, 0.717) is 41.6 Å². The van der Waals surface area contributed by atoms with Crippen LogP contribution in [-0.4, -0.2) is 24.7 Å². The van der Waals surface area contributed by atoms with Crippen LogP contribution in [0, 0.1) is 17.1 Å². The van der Waals surface area contributed by atoms with Crippen molar-refractivity contribution in [2.75, 3.05) is 22.9 Å². The number of hydrogen-bond acceptors (Lipinski definition) is 7. The van der Waals surface area contributed by atoms with Crippen LogP contribution in [0.3, 0.4) is 0 Å². The highest BCUT2D eigenvalue weighted by atomic mass is 32.1. The van der Waals surface area contributed by atoms with Gasteiger partial charge in [0.1, 0.15) is 16.7 Å². The van der Waals surface area contributed by atoms with Crippen molar-refractivity contribution in [2.24, 2.45) is 10.7 Å². The van der Waals surface area contributed by atoms with Gasteiger partial charge in [0.05, 0.1) is 28.1 Å². The third-order valence-electron chi connectivity index (χ3n) is 7.85. The molecule has 8 rings (SSSR count). The number of carbonyl (C=O) groups is 1. The van der Waals surface area contributed by atoms with Gasteiger partial charge in [-0.05, 0) is 37.7 Å². The minimum Gasteiger partial charge on any atom is -0.383 e. The van der Waals surface area contributed by atoms with Crippen molar-refractivity contribution in [1.29, 1.82) is 5.26 Å². The van der Waals surface area contributed by atoms with Gasteiger partial charge < -0.3 is 10.6 Å². The molecule has 1 atom stereocenters. The fourth-order valence-electron chi connectivity index (χ4n) is 6.37. The van der Waals surface area contributed by atoms with E-state index in [-0.39, 0.29) is 11.4 Å². The molecule has 5 aliphatic heterocycles. The molecule has 2 aromatic rings. The molecule has 0 radical (unpaired) electrons. The quantitative estimate of drug-likeness (QED) is 0.654. The molecule has 1 aromatic heterocycles. The summed E-state index contributed by atoms with van der Waals surface area (Å²) in [5, 5.41) is 12.5. The number of fused-ring (bicyclic) bond motifs is 6. The number of anilines is 2. The average Bonchev–Trinajstić information content (AvgIpc) is 3.28. The number of ketones is 1. The third kappa shape index (κ3) is 2.48. The number of aliphatic imine (C=N–C) groups is 1. The number of carbonyl (C=O) groups excluding carboxylic acids is 1. The number of nitriles is 1. The molecule has 6 nitrogen and oxygen atoms in total. The Morgan fingerprint density at radius 1 is 1.18 bits per heavy atom. The van der Waals surface area contributed by atoms with Crippen molar-refractivity contribution in [3.63, 3.8) is 0 Å². The molecule has 170 valence electrons. The monoisotopic (exact) mass is 471 g/mol. The van der Waals surface area contributed by atoms with Crippen LogP contribution in [0.15, 0.2) is 51.9 Å². The van der Waals surface area contributed by atoms with E-state index < -0.39 is 11.7 Å². The van der Waals surface area contributed by atoms with E-state index in [2.05, 4.69) is 11.0 Å². The molecule has 1 aromatic carbocycles. The predicted molar refractivity (Wildman–Crippen MR) is 129 cm³/mol. The van der Waals surface area contributed by atoms with E-state index in [4.69, 9.17) is 10.7 Å². The number of amidine groups is 1. The summed E-state index contributed by atoms with van der Waals surface area (Å²) in [7, 11) is 0. The molecule has 1 fully saturated rings. The topological polar surface area (TPSA) is 85.7 Å². The van der Waals surface area contributed by atoms with Gasteiger partial charge in [-0.2, -0.15) is 5.26 Å². The second-order valence-corrected chi connectivity index (χ2v) is 10.5. The van der Waals surface area contributed by atoms with Crippen LogP contribution in [0.4, 0.5) is 14.4 Å². The van der Waals surface area contributed by atoms with Gasteiger partial charge in [0.2, 0.25) is 0 Å². The molecule has 8 heteroatoms. The maximum Gasteiger partial charge on any atom is 0.161 e. The van der Waals surface area contributed by atoms with Crippen LogP contribution >= 0.6 is 11.3 Å². The van der Waals surface area contributed by atoms with Crippen LogP contribution in [0.2, 0.25) is 0 Å². The van der Waals surface area contributed by atoms with Crippen LogP contribution in [0.5, 0.6) is 0 Å². The van der Waals surface area contributed by atoms with Gasteiger partial charge in [-0.15, -0.1) is 0 Å². The standard InChI is InChI=1S/C26H22FN5OS/c27-16-5-2-1-4-14(16)20-15(12-28)24-30-23(29)22-19-13-8-10-31(11-9-13)25(19)34-26(22)32(24)17-6-3-7-18(33)21(17)20/h1-2,4-5,13,20H,3,6-11H2,(H2,29,30)/t20-/m1/s1. The molecule has 0 spiro atoms. The second-order valence-electron chi connectivity index (χ2n) is 9.54. The van der Waals surface area contributed by atoms with E-state index in [1.165, 1.54) is 16.6 Å². The molecule has 6 heterocycles. The van der Waals surface area contributed by atoms with Gasteiger partial charge in [-0.1, -0.05) is 29.5 Å². The first-order valence-corrected chi connectivity index (χ1v) is 12.6. The Morgan fingerprint density at radius 3 is 2.74 bits per heavy atom. The molecule has 1 aliphatic carbocycles. The zero-order valence-corrected chi connectivity index (χ0v) is 19.3. The zero-order valence-electron chi connectivity index (χ0n) is 18.5. The fraction of sp³-hybridized carbons (Fsp3) is 0.346. The number of Topliss-reactive ketones (excluding diaryl/α,β-unsaturated/α-hetero) is 1. The molecule has 34 heavy (non-hydrogen) atoms. The molecule has 2 bridgehead atoms. The molecule has 0 saturated carbocycles. The lowest BCUT2D eigenvalue weighted by Crippen LogP contribution is -2.40. The molecule has 1 saturated heterocycles. The lowest BCUT2D eigenvalue weighted by molar-refractivity contribution is -0.116. The Morgan fingerprint density at radius 2 is 1.97 bits per heavy atom. The number of halogens is 1. The Kier molecular flexibility index (Phi) is 4.13. The molecular formula is C26H22FN5OS. The summed E-state index contributed by atoms with van der Waals surface area (Å²) in [4.78, 5) is 22.6. The summed E-state index contributed by atoms with van der Waals surface area (Å²) in [5.74, 6) is 0.105. The molecule has 6 aliphatic rings. The van der Waals surface area contributed by atoms with Crippen molar-refractivity contribution in [2.45, 2.75) is 43.9 Å². The first-order valence-electron chi connectivity index (χ1n) is 11.8. The SMILES string of the molecule is N#CC1=C2N=C(N)c3c(sc4c3C3CCN4CC3)N2C2=C(C(=O)CCC2)[C@@H]1c1ccccc1F. The van der Waals surface area contributed by atoms with Crippen molar-refractivity contribution in [1.82, 2.24) is 0 Å². The number of thiophene rings is 1. The highest BCUT2D eigenvalue weighted by Gasteiger charge is 2.47. The van der Waals surface area contributed by atoms with Crippen LogP contribution in [0.1, 0.15) is 60.6 Å². The van der Waals surface area contributed by atoms with E-state index in [1.54, 1.807) is 29.5 Å². The number of benzene rings is 1. The Balaban J connectivity index is 1.53. The van der Waals surface area contributed by atoms with E-state index in [0.717, 1.165) is 48.6 Å². The number of nitrogens with zero attached hydrogens (tertiary/aromatic N) is 4. The summed E-state index contributed by atoms with van der Waals surface area (Å²) in [6.45, 7) is 2.09. The first-order chi connectivity index (χ1) is 16.6. The Bertz CT molecular complexity index is 1420. The normalized spacial score (nSPS) is 23.4. The predicted octanol–water partition coefficient (Wildman–Crippen LogP) is 4.65. The van der Waals surface area contributed by atoms with Crippen LogP contribution in [0.25, 0.3) is 0 Å². The van der Waals surface area contributed by atoms with Crippen molar-refractivity contribution >= 4 is 33.0 Å². The number of rotatable bonds is 1. The van der Waals surface area contributed by atoms with Crippen molar-refractivity contribution < 1.29 is 9.18 Å². The molecular weight excluding hydrogens is 449 g/mol. The summed E-state index contributed by atoms with van der Waals surface area (Å²) in [5.41, 5.74) is 10.8. The summed E-state index contributed by atoms with van der Waals surface area (Å²) >= 11 is 1.69. The van der Waals surface area contributed by atoms with E-state index in [9.17, 15) is 10.1 Å². The van der Waals surface area contributed by atoms with Crippen LogP contribution < -0.4 is 15.5 Å². The maximum atomic E-state index is 15.0. The lowest BCUT2D eigenvalue weighted by Gasteiger charge is -2.41. The highest BCUT2D eigenvalue weighted by Crippen LogP contribution is 2.57. The fourth-order valence-corrected chi connectivity index (χ4v) is 7.85. The van der Waals surface area contributed by atoms with Gasteiger partial charge in [0, 0.05) is 41.9 Å². The largest absolute Gasteiger partial charge is 0.383 e. The number of allylic oxidation sites excluding steroid dienone is 3. The summed E-state index contributed by atoms with van der Waals surface area (Å²) in [6.07, 6.45) is 4.02. The Labute approximate surface area is 200 Å². The second kappa shape index (κ2) is 7.03. The number of piperidine rings is 1. The Hall–Kier alpha value is -3.44. The van der Waals surface area contributed by atoms with Gasteiger partial charge >= 0.3 is 0 Å². The lowest BCUT2D eigenvalue weighted by atomic mass is 9.75. The number of nitrogens with two attached hydrogens (primary N) is 1.